The van der Waals surface area contributed by atoms with Crippen molar-refractivity contribution in [1.82, 2.24) is 5.32 Å². The monoisotopic (exact) mass is 313 g/mol. The molecule has 1 aromatic rings. The highest BCUT2D eigenvalue weighted by molar-refractivity contribution is 9.10. The van der Waals surface area contributed by atoms with Crippen LogP contribution in [0.4, 0.5) is 0 Å². The molecule has 2 N–H and O–H groups in total. The molecule has 0 radical (unpaired) electrons. The Bertz CT molecular complexity index is 395. The molecule has 0 heterocycles. The van der Waals surface area contributed by atoms with Crippen LogP contribution in [0.2, 0.25) is 0 Å². The molecule has 100 valence electrons. The van der Waals surface area contributed by atoms with E-state index in [1.54, 1.807) is 12.1 Å². The summed E-state index contributed by atoms with van der Waals surface area (Å²) in [6.45, 7) is 6.42. The summed E-state index contributed by atoms with van der Waals surface area (Å²) in [6.07, 6.45) is 0.147. The van der Waals surface area contributed by atoms with Gasteiger partial charge >= 0.3 is 0 Å². The Balaban J connectivity index is 2.40. The fourth-order valence-electron chi connectivity index (χ4n) is 1.46. The molecule has 0 aromatic heterocycles. The highest BCUT2D eigenvalue weighted by Crippen LogP contribution is 2.21. The predicted octanol–water partition coefficient (Wildman–Crippen LogP) is 2.98. The average Bonchev–Trinajstić information content (AvgIpc) is 2.28. The lowest BCUT2D eigenvalue weighted by Crippen LogP contribution is -2.32. The zero-order valence-corrected chi connectivity index (χ0v) is 12.6. The number of carbonyl (C=O) groups is 1. The van der Waals surface area contributed by atoms with Gasteiger partial charge in [0.05, 0.1) is 6.10 Å². The van der Waals surface area contributed by atoms with Gasteiger partial charge in [-0.3, -0.25) is 4.79 Å². The number of benzene rings is 1. The third kappa shape index (κ3) is 4.78. The maximum atomic E-state index is 11.8. The van der Waals surface area contributed by atoms with Crippen LogP contribution in [-0.4, -0.2) is 23.7 Å². The van der Waals surface area contributed by atoms with Crippen LogP contribution in [0.25, 0.3) is 0 Å². The third-order valence-electron chi connectivity index (χ3n) is 2.81. The first kappa shape index (κ1) is 15.2. The van der Waals surface area contributed by atoms with Crippen LogP contribution in [0, 0.1) is 5.41 Å². The molecule has 0 fully saturated rings. The lowest BCUT2D eigenvalue weighted by Gasteiger charge is -2.25. The average molecular weight is 314 g/mol. The minimum atomic E-state index is -0.414. The number of aliphatic hydroxyl groups is 1. The maximum absolute atomic E-state index is 11.8. The Kier molecular flexibility index (Phi) is 5.35. The van der Waals surface area contributed by atoms with Crippen LogP contribution in [0.1, 0.15) is 37.6 Å². The van der Waals surface area contributed by atoms with Gasteiger partial charge in [0.25, 0.3) is 5.91 Å². The van der Waals surface area contributed by atoms with Gasteiger partial charge in [0, 0.05) is 16.6 Å². The summed E-state index contributed by atoms with van der Waals surface area (Å²) in [7, 11) is 0. The van der Waals surface area contributed by atoms with Crippen molar-refractivity contribution in [2.75, 3.05) is 6.54 Å². The molecule has 0 saturated heterocycles. The van der Waals surface area contributed by atoms with Crippen molar-refractivity contribution in [3.63, 3.8) is 0 Å². The first-order valence-corrected chi connectivity index (χ1v) is 6.82. The van der Waals surface area contributed by atoms with Gasteiger partial charge in [-0.2, -0.15) is 0 Å². The summed E-state index contributed by atoms with van der Waals surface area (Å²) in [5.41, 5.74) is 0.478. The molecule has 0 aliphatic carbocycles. The highest BCUT2D eigenvalue weighted by atomic mass is 79.9. The van der Waals surface area contributed by atoms with E-state index < -0.39 is 6.10 Å². The quantitative estimate of drug-likeness (QED) is 0.897. The second-order valence-corrected chi connectivity index (χ2v) is 6.35. The minimum Gasteiger partial charge on any atom is -0.393 e. The van der Waals surface area contributed by atoms with E-state index in [0.29, 0.717) is 18.5 Å². The molecule has 4 heteroatoms. The molecule has 1 atom stereocenters. The van der Waals surface area contributed by atoms with Gasteiger partial charge in [0.2, 0.25) is 0 Å². The van der Waals surface area contributed by atoms with Gasteiger partial charge in [-0.25, -0.2) is 0 Å². The lowest BCUT2D eigenvalue weighted by atomic mass is 9.87. The first-order chi connectivity index (χ1) is 8.30. The number of carbonyl (C=O) groups excluding carboxylic acids is 1. The summed E-state index contributed by atoms with van der Waals surface area (Å²) < 4.78 is 0.946. The van der Waals surface area contributed by atoms with Crippen molar-refractivity contribution in [2.45, 2.75) is 33.3 Å². The number of halogens is 1. The zero-order valence-electron chi connectivity index (χ0n) is 11.0. The van der Waals surface area contributed by atoms with Gasteiger partial charge < -0.3 is 10.4 Å². The molecule has 3 nitrogen and oxygen atoms in total. The van der Waals surface area contributed by atoms with E-state index in [1.807, 2.05) is 32.9 Å². The molecule has 0 aliphatic rings. The molecule has 1 rings (SSSR count). The second kappa shape index (κ2) is 6.34. The van der Waals surface area contributed by atoms with E-state index in [1.165, 1.54) is 0 Å². The molecule has 1 aromatic carbocycles. The molecule has 1 amide bonds. The Morgan fingerprint density at radius 1 is 1.33 bits per heavy atom. The van der Waals surface area contributed by atoms with Gasteiger partial charge in [-0.15, -0.1) is 0 Å². The number of amides is 1. The van der Waals surface area contributed by atoms with Crippen molar-refractivity contribution in [3.8, 4) is 0 Å². The minimum absolute atomic E-state index is 0.108. The number of aliphatic hydroxyl groups excluding tert-OH is 1. The fourth-order valence-corrected chi connectivity index (χ4v) is 1.72. The SMILES string of the molecule is CC(C)(C)C(O)CCNC(=O)c1ccc(Br)cc1. The van der Waals surface area contributed by atoms with Crippen LogP contribution < -0.4 is 5.32 Å². The Hall–Kier alpha value is -0.870. The largest absolute Gasteiger partial charge is 0.393 e. The van der Waals surface area contributed by atoms with E-state index in [9.17, 15) is 9.90 Å². The summed E-state index contributed by atoms with van der Waals surface area (Å²) in [5.74, 6) is -0.108. The van der Waals surface area contributed by atoms with Crippen molar-refractivity contribution in [1.29, 1.82) is 0 Å². The number of rotatable bonds is 4. The molecule has 0 bridgehead atoms. The normalized spacial score (nSPS) is 13.2. The van der Waals surface area contributed by atoms with Crippen LogP contribution in [0.3, 0.4) is 0 Å². The molecule has 0 aliphatic heterocycles. The Morgan fingerprint density at radius 3 is 2.39 bits per heavy atom. The number of hydrogen-bond acceptors (Lipinski definition) is 2. The highest BCUT2D eigenvalue weighted by Gasteiger charge is 2.21. The van der Waals surface area contributed by atoms with Crippen LogP contribution in [-0.2, 0) is 0 Å². The van der Waals surface area contributed by atoms with E-state index in [0.717, 1.165) is 4.47 Å². The summed E-state index contributed by atoms with van der Waals surface area (Å²) in [4.78, 5) is 11.8. The lowest BCUT2D eigenvalue weighted by molar-refractivity contribution is 0.0551. The summed E-state index contributed by atoms with van der Waals surface area (Å²) in [5, 5.41) is 12.7. The molecular formula is C14H20BrNO2. The fraction of sp³-hybridized carbons (Fsp3) is 0.500. The van der Waals surface area contributed by atoms with Crippen LogP contribution in [0.5, 0.6) is 0 Å². The van der Waals surface area contributed by atoms with Crippen molar-refractivity contribution < 1.29 is 9.90 Å². The number of hydrogen-bond donors (Lipinski definition) is 2. The van der Waals surface area contributed by atoms with E-state index in [2.05, 4.69) is 21.2 Å². The van der Waals surface area contributed by atoms with Crippen molar-refractivity contribution >= 4 is 21.8 Å². The summed E-state index contributed by atoms with van der Waals surface area (Å²) >= 11 is 3.32. The Labute approximate surface area is 117 Å². The molecular weight excluding hydrogens is 294 g/mol. The molecule has 0 spiro atoms. The van der Waals surface area contributed by atoms with Gasteiger partial charge in [0.15, 0.2) is 0 Å². The Morgan fingerprint density at radius 2 is 1.89 bits per heavy atom. The van der Waals surface area contributed by atoms with Gasteiger partial charge in [-0.1, -0.05) is 36.7 Å². The van der Waals surface area contributed by atoms with E-state index in [-0.39, 0.29) is 11.3 Å². The topological polar surface area (TPSA) is 49.3 Å². The first-order valence-electron chi connectivity index (χ1n) is 6.02. The molecule has 18 heavy (non-hydrogen) atoms. The smallest absolute Gasteiger partial charge is 0.251 e. The third-order valence-corrected chi connectivity index (χ3v) is 3.34. The van der Waals surface area contributed by atoms with Gasteiger partial charge in [-0.05, 0) is 36.1 Å². The molecule has 0 saturated carbocycles. The van der Waals surface area contributed by atoms with Crippen molar-refractivity contribution in [2.24, 2.45) is 5.41 Å². The predicted molar refractivity (Wildman–Crippen MR) is 76.6 cm³/mol. The molecule has 1 unspecified atom stereocenters. The number of nitrogens with one attached hydrogen (secondary N) is 1. The van der Waals surface area contributed by atoms with E-state index in [4.69, 9.17) is 0 Å². The maximum Gasteiger partial charge on any atom is 0.251 e. The van der Waals surface area contributed by atoms with Gasteiger partial charge in [0.1, 0.15) is 0 Å². The second-order valence-electron chi connectivity index (χ2n) is 5.43. The standard InChI is InChI=1S/C14H20BrNO2/c1-14(2,3)12(17)8-9-16-13(18)10-4-6-11(15)7-5-10/h4-7,12,17H,8-9H2,1-3H3,(H,16,18). The summed E-state index contributed by atoms with van der Waals surface area (Å²) in [6, 6.07) is 7.19. The van der Waals surface area contributed by atoms with Crippen LogP contribution >= 0.6 is 15.9 Å². The van der Waals surface area contributed by atoms with Crippen LogP contribution in [0.15, 0.2) is 28.7 Å². The zero-order chi connectivity index (χ0) is 13.8. The van der Waals surface area contributed by atoms with Crippen molar-refractivity contribution in [3.05, 3.63) is 34.3 Å². The van der Waals surface area contributed by atoms with E-state index >= 15 is 0 Å².